The molecule has 0 N–H and O–H groups in total. The zero-order valence-electron chi connectivity index (χ0n) is 13.1. The molecule has 0 nitrogen and oxygen atoms in total. The van der Waals surface area contributed by atoms with Crippen LogP contribution in [-0.2, 0) is 0 Å². The molecule has 0 fully saturated rings. The van der Waals surface area contributed by atoms with Crippen molar-refractivity contribution in [2.75, 3.05) is 0 Å². The molecule has 0 spiro atoms. The van der Waals surface area contributed by atoms with Crippen molar-refractivity contribution >= 4 is 33.8 Å². The molecular formula is C22H16S2. The molecule has 2 aromatic heterocycles. The first kappa shape index (κ1) is 15.1. The van der Waals surface area contributed by atoms with E-state index < -0.39 is 0 Å². The van der Waals surface area contributed by atoms with Crippen LogP contribution in [0.5, 0.6) is 0 Å². The Balaban J connectivity index is 2.07. The third-order valence-corrected chi connectivity index (χ3v) is 5.68. The van der Waals surface area contributed by atoms with Gasteiger partial charge in [-0.25, -0.2) is 0 Å². The molecule has 0 aliphatic carbocycles. The van der Waals surface area contributed by atoms with Crippen molar-refractivity contribution < 1.29 is 0 Å². The zero-order valence-corrected chi connectivity index (χ0v) is 14.7. The molecule has 0 atom stereocenters. The van der Waals surface area contributed by atoms with Crippen LogP contribution < -0.4 is 0 Å². The maximum Gasteiger partial charge on any atom is 0.0355 e. The van der Waals surface area contributed by atoms with Gasteiger partial charge in [0.25, 0.3) is 0 Å². The van der Waals surface area contributed by atoms with Crippen molar-refractivity contribution in [1.82, 2.24) is 0 Å². The summed E-state index contributed by atoms with van der Waals surface area (Å²) < 4.78 is 0. The Morgan fingerprint density at radius 1 is 0.458 bits per heavy atom. The van der Waals surface area contributed by atoms with Gasteiger partial charge < -0.3 is 0 Å². The molecule has 24 heavy (non-hydrogen) atoms. The van der Waals surface area contributed by atoms with E-state index in [4.69, 9.17) is 0 Å². The summed E-state index contributed by atoms with van der Waals surface area (Å²) in [5.74, 6) is 0. The Morgan fingerprint density at radius 3 is 1.21 bits per heavy atom. The van der Waals surface area contributed by atoms with Crippen molar-refractivity contribution in [3.8, 4) is 0 Å². The number of benzene rings is 2. The quantitative estimate of drug-likeness (QED) is 0.356. The number of hydrogen-bond acceptors (Lipinski definition) is 2. The SMILES string of the molecule is c1ccc(C(=C(c2ccccc2)c2cccs2)c2cccs2)cc1. The third kappa shape index (κ3) is 2.99. The van der Waals surface area contributed by atoms with E-state index in [-0.39, 0.29) is 0 Å². The summed E-state index contributed by atoms with van der Waals surface area (Å²) >= 11 is 3.59. The molecule has 2 heteroatoms. The first-order valence-electron chi connectivity index (χ1n) is 7.86. The number of rotatable bonds is 4. The monoisotopic (exact) mass is 344 g/mol. The molecule has 4 rings (SSSR count). The van der Waals surface area contributed by atoms with E-state index in [0.717, 1.165) is 0 Å². The second-order valence-electron chi connectivity index (χ2n) is 5.44. The fourth-order valence-electron chi connectivity index (χ4n) is 2.87. The molecule has 2 aromatic carbocycles. The lowest BCUT2D eigenvalue weighted by molar-refractivity contribution is 1.57. The van der Waals surface area contributed by atoms with E-state index >= 15 is 0 Å². The molecule has 0 unspecified atom stereocenters. The van der Waals surface area contributed by atoms with Gasteiger partial charge in [-0.2, -0.15) is 0 Å². The lowest BCUT2D eigenvalue weighted by atomic mass is 9.92. The zero-order chi connectivity index (χ0) is 16.2. The van der Waals surface area contributed by atoms with Crippen molar-refractivity contribution in [3.63, 3.8) is 0 Å². The van der Waals surface area contributed by atoms with Crippen LogP contribution in [-0.4, -0.2) is 0 Å². The van der Waals surface area contributed by atoms with Gasteiger partial charge in [-0.1, -0.05) is 72.8 Å². The Hall–Kier alpha value is -2.42. The van der Waals surface area contributed by atoms with Gasteiger partial charge in [0.05, 0.1) is 0 Å². The van der Waals surface area contributed by atoms with Gasteiger partial charge in [0, 0.05) is 20.9 Å². The van der Waals surface area contributed by atoms with Crippen LogP contribution in [0.2, 0.25) is 0 Å². The van der Waals surface area contributed by atoms with E-state index in [0.29, 0.717) is 0 Å². The van der Waals surface area contributed by atoms with Crippen molar-refractivity contribution in [3.05, 3.63) is 117 Å². The van der Waals surface area contributed by atoms with Gasteiger partial charge in [-0.15, -0.1) is 22.7 Å². The summed E-state index contributed by atoms with van der Waals surface area (Å²) in [6.45, 7) is 0. The minimum absolute atomic E-state index is 1.26. The van der Waals surface area contributed by atoms with Crippen LogP contribution in [0.3, 0.4) is 0 Å². The fraction of sp³-hybridized carbons (Fsp3) is 0. The first-order chi connectivity index (χ1) is 11.9. The van der Waals surface area contributed by atoms with Gasteiger partial charge in [-0.3, -0.25) is 0 Å². The lowest BCUT2D eigenvalue weighted by Crippen LogP contribution is -1.94. The highest BCUT2D eigenvalue weighted by molar-refractivity contribution is 7.12. The Morgan fingerprint density at radius 2 is 0.875 bits per heavy atom. The van der Waals surface area contributed by atoms with Crippen LogP contribution in [0.15, 0.2) is 95.7 Å². The standard InChI is InChI=1S/C22H16S2/c1-3-9-17(10-4-1)21(19-13-7-15-23-19)22(20-14-8-16-24-20)18-11-5-2-6-12-18/h1-16H. The Labute approximate surface area is 150 Å². The summed E-state index contributed by atoms with van der Waals surface area (Å²) in [5.41, 5.74) is 5.12. The number of thiophene rings is 2. The van der Waals surface area contributed by atoms with Gasteiger partial charge >= 0.3 is 0 Å². The summed E-state index contributed by atoms with van der Waals surface area (Å²) in [5, 5.41) is 4.30. The summed E-state index contributed by atoms with van der Waals surface area (Å²) in [6, 6.07) is 30.1. The van der Waals surface area contributed by atoms with E-state index in [2.05, 4.69) is 95.7 Å². The van der Waals surface area contributed by atoms with Crippen LogP contribution in [0.4, 0.5) is 0 Å². The lowest BCUT2D eigenvalue weighted by Gasteiger charge is -2.15. The molecule has 0 radical (unpaired) electrons. The predicted molar refractivity (Wildman–Crippen MR) is 107 cm³/mol. The average Bonchev–Trinajstić information content (AvgIpc) is 3.35. The minimum Gasteiger partial charge on any atom is -0.144 e. The highest BCUT2D eigenvalue weighted by atomic mass is 32.1. The van der Waals surface area contributed by atoms with E-state index in [1.54, 1.807) is 22.7 Å². The molecule has 0 amide bonds. The van der Waals surface area contributed by atoms with Crippen LogP contribution in [0.1, 0.15) is 20.9 Å². The second kappa shape index (κ2) is 7.00. The molecule has 0 saturated heterocycles. The minimum atomic E-state index is 1.26. The highest BCUT2D eigenvalue weighted by Crippen LogP contribution is 2.39. The van der Waals surface area contributed by atoms with Gasteiger partial charge in [0.15, 0.2) is 0 Å². The summed E-state index contributed by atoms with van der Waals surface area (Å²) in [7, 11) is 0. The van der Waals surface area contributed by atoms with Crippen LogP contribution in [0, 0.1) is 0 Å². The molecular weight excluding hydrogens is 328 g/mol. The van der Waals surface area contributed by atoms with Crippen LogP contribution in [0.25, 0.3) is 11.1 Å². The topological polar surface area (TPSA) is 0 Å². The molecule has 0 aliphatic rings. The summed E-state index contributed by atoms with van der Waals surface area (Å²) in [6.07, 6.45) is 0. The third-order valence-electron chi connectivity index (χ3n) is 3.91. The molecule has 116 valence electrons. The van der Waals surface area contributed by atoms with Crippen molar-refractivity contribution in [2.24, 2.45) is 0 Å². The molecule has 0 bridgehead atoms. The normalized spacial score (nSPS) is 12.0. The maximum absolute atomic E-state index is 2.21. The van der Waals surface area contributed by atoms with Crippen molar-refractivity contribution in [1.29, 1.82) is 0 Å². The molecule has 0 saturated carbocycles. The maximum atomic E-state index is 2.21. The van der Waals surface area contributed by atoms with Crippen molar-refractivity contribution in [2.45, 2.75) is 0 Å². The molecule has 2 heterocycles. The Bertz CT molecular complexity index is 837. The number of hydrogen-bond donors (Lipinski definition) is 0. The van der Waals surface area contributed by atoms with E-state index in [1.165, 1.54) is 32.0 Å². The molecule has 4 aromatic rings. The molecule has 0 aliphatic heterocycles. The predicted octanol–water partition coefficient (Wildman–Crippen LogP) is 6.82. The van der Waals surface area contributed by atoms with Gasteiger partial charge in [0.1, 0.15) is 0 Å². The van der Waals surface area contributed by atoms with Gasteiger partial charge in [-0.05, 0) is 34.0 Å². The highest BCUT2D eigenvalue weighted by Gasteiger charge is 2.17. The largest absolute Gasteiger partial charge is 0.144 e. The van der Waals surface area contributed by atoms with Crippen LogP contribution >= 0.6 is 22.7 Å². The smallest absolute Gasteiger partial charge is 0.0355 e. The average molecular weight is 345 g/mol. The summed E-state index contributed by atoms with van der Waals surface area (Å²) in [4.78, 5) is 2.60. The van der Waals surface area contributed by atoms with Gasteiger partial charge in [0.2, 0.25) is 0 Å². The second-order valence-corrected chi connectivity index (χ2v) is 7.33. The Kier molecular flexibility index (Phi) is 4.41. The fourth-order valence-corrected chi connectivity index (χ4v) is 4.47. The van der Waals surface area contributed by atoms with E-state index in [1.807, 2.05) is 0 Å². The first-order valence-corrected chi connectivity index (χ1v) is 9.62. The van der Waals surface area contributed by atoms with E-state index in [9.17, 15) is 0 Å².